The van der Waals surface area contributed by atoms with Crippen LogP contribution in [0.4, 0.5) is 4.39 Å². The molecule has 6 nitrogen and oxygen atoms in total. The number of benzene rings is 1. The molecule has 0 amide bonds. The van der Waals surface area contributed by atoms with E-state index in [1.54, 1.807) is 0 Å². The Balaban J connectivity index is 2.59. The number of hydrogen-bond acceptors (Lipinski definition) is 4. The quantitative estimate of drug-likeness (QED) is 0.887. The van der Waals surface area contributed by atoms with Gasteiger partial charge in [-0.1, -0.05) is 0 Å². The third kappa shape index (κ3) is 2.28. The molecule has 96 valence electrons. The minimum Gasteiger partial charge on any atom is -0.300 e. The summed E-state index contributed by atoms with van der Waals surface area (Å²) in [5, 5.41) is 11.9. The van der Waals surface area contributed by atoms with E-state index in [0.717, 1.165) is 0 Å². The molecule has 0 bridgehead atoms. The van der Waals surface area contributed by atoms with Crippen LogP contribution in [0.3, 0.4) is 0 Å². The second-order valence-electron chi connectivity index (χ2n) is 3.54. The maximum Gasteiger partial charge on any atom is 0.273 e. The van der Waals surface area contributed by atoms with Crippen molar-refractivity contribution in [1.82, 2.24) is 14.8 Å². The van der Waals surface area contributed by atoms with E-state index in [0.29, 0.717) is 5.56 Å². The van der Waals surface area contributed by atoms with E-state index in [9.17, 15) is 12.8 Å². The minimum atomic E-state index is -3.94. The van der Waals surface area contributed by atoms with Crippen LogP contribution in [0, 0.1) is 5.82 Å². The van der Waals surface area contributed by atoms with Gasteiger partial charge in [-0.15, -0.1) is 10.2 Å². The first kappa shape index (κ1) is 13.1. The number of aromatic nitrogens is 3. The first-order valence-corrected chi connectivity index (χ1v) is 7.02. The van der Waals surface area contributed by atoms with Crippen molar-refractivity contribution in [3.8, 4) is 11.4 Å². The third-order valence-electron chi connectivity index (χ3n) is 2.27. The summed E-state index contributed by atoms with van der Waals surface area (Å²) in [5.41, 5.74) is 0.521. The first-order valence-electron chi connectivity index (χ1n) is 4.68. The van der Waals surface area contributed by atoms with Gasteiger partial charge in [-0.3, -0.25) is 4.57 Å². The molecule has 0 saturated carbocycles. The van der Waals surface area contributed by atoms with Gasteiger partial charge in [0.25, 0.3) is 15.2 Å². The predicted molar refractivity (Wildman–Crippen MR) is 65.5 cm³/mol. The van der Waals surface area contributed by atoms with Crippen LogP contribution >= 0.6 is 15.9 Å². The Morgan fingerprint density at radius 2 is 2.06 bits per heavy atom. The van der Waals surface area contributed by atoms with Gasteiger partial charge < -0.3 is 0 Å². The average Bonchev–Trinajstić information content (AvgIpc) is 2.64. The van der Waals surface area contributed by atoms with E-state index in [2.05, 4.69) is 26.1 Å². The number of nitrogens with two attached hydrogens (primary N) is 1. The summed E-state index contributed by atoms with van der Waals surface area (Å²) in [6.45, 7) is 0. The molecule has 0 saturated heterocycles. The second-order valence-corrected chi connectivity index (χ2v) is 5.85. The van der Waals surface area contributed by atoms with Gasteiger partial charge in [0.05, 0.1) is 4.47 Å². The largest absolute Gasteiger partial charge is 0.300 e. The van der Waals surface area contributed by atoms with E-state index in [1.807, 2.05) is 0 Å². The highest BCUT2D eigenvalue weighted by molar-refractivity contribution is 9.10. The van der Waals surface area contributed by atoms with Crippen molar-refractivity contribution in [1.29, 1.82) is 0 Å². The fourth-order valence-corrected chi connectivity index (χ4v) is 2.45. The van der Waals surface area contributed by atoms with E-state index in [4.69, 9.17) is 5.14 Å². The summed E-state index contributed by atoms with van der Waals surface area (Å²) in [7, 11) is -2.47. The molecule has 0 unspecified atom stereocenters. The average molecular weight is 335 g/mol. The van der Waals surface area contributed by atoms with E-state index < -0.39 is 15.8 Å². The Morgan fingerprint density at radius 3 is 2.56 bits per heavy atom. The molecule has 0 fully saturated rings. The smallest absolute Gasteiger partial charge is 0.273 e. The molecule has 18 heavy (non-hydrogen) atoms. The number of hydrogen-bond donors (Lipinski definition) is 1. The molecule has 2 N–H and O–H groups in total. The van der Waals surface area contributed by atoms with Crippen LogP contribution in [0.2, 0.25) is 0 Å². The monoisotopic (exact) mass is 334 g/mol. The first-order chi connectivity index (χ1) is 8.30. The van der Waals surface area contributed by atoms with E-state index in [1.165, 1.54) is 29.8 Å². The van der Waals surface area contributed by atoms with Crippen LogP contribution in [0.5, 0.6) is 0 Å². The Hall–Kier alpha value is -1.32. The maximum atomic E-state index is 13.1. The lowest BCUT2D eigenvalue weighted by Crippen LogP contribution is -2.17. The summed E-state index contributed by atoms with van der Waals surface area (Å²) in [6.07, 6.45) is 0. The molecule has 0 atom stereocenters. The molecule has 2 rings (SSSR count). The van der Waals surface area contributed by atoms with Crippen molar-refractivity contribution < 1.29 is 12.8 Å². The number of halogens is 2. The number of primary sulfonamides is 1. The maximum absolute atomic E-state index is 13.1. The fraction of sp³-hybridized carbons (Fsp3) is 0.111. The van der Waals surface area contributed by atoms with Crippen LogP contribution in [-0.4, -0.2) is 23.2 Å². The molecule has 1 aromatic carbocycles. The van der Waals surface area contributed by atoms with Gasteiger partial charge in [-0.05, 0) is 34.1 Å². The van der Waals surface area contributed by atoms with Crippen LogP contribution < -0.4 is 5.14 Å². The Kier molecular flexibility index (Phi) is 3.21. The van der Waals surface area contributed by atoms with Crippen LogP contribution in [0.25, 0.3) is 11.4 Å². The Labute approximate surface area is 111 Å². The zero-order valence-electron chi connectivity index (χ0n) is 9.13. The van der Waals surface area contributed by atoms with Crippen molar-refractivity contribution in [2.75, 3.05) is 0 Å². The number of nitrogens with zero attached hydrogens (tertiary/aromatic N) is 3. The highest BCUT2D eigenvalue weighted by Crippen LogP contribution is 2.24. The summed E-state index contributed by atoms with van der Waals surface area (Å²) in [6, 6.07) is 4.19. The molecule has 2 aromatic rings. The molecule has 1 heterocycles. The van der Waals surface area contributed by atoms with Gasteiger partial charge in [0.15, 0.2) is 5.82 Å². The fourth-order valence-electron chi connectivity index (χ4n) is 1.45. The van der Waals surface area contributed by atoms with Crippen molar-refractivity contribution in [2.45, 2.75) is 5.16 Å². The van der Waals surface area contributed by atoms with Gasteiger partial charge in [-0.2, -0.15) is 0 Å². The lowest BCUT2D eigenvalue weighted by molar-refractivity contribution is 0.580. The van der Waals surface area contributed by atoms with Gasteiger partial charge in [0.1, 0.15) is 5.82 Å². The summed E-state index contributed by atoms with van der Waals surface area (Å²) in [4.78, 5) is 0. The second kappa shape index (κ2) is 4.41. The van der Waals surface area contributed by atoms with Crippen molar-refractivity contribution in [3.05, 3.63) is 28.5 Å². The molecule has 0 aliphatic heterocycles. The highest BCUT2D eigenvalue weighted by Gasteiger charge is 2.19. The molecular formula is C9H8BrFN4O2S. The Morgan fingerprint density at radius 1 is 1.39 bits per heavy atom. The number of rotatable bonds is 2. The molecule has 0 aliphatic rings. The lowest BCUT2D eigenvalue weighted by atomic mass is 10.2. The van der Waals surface area contributed by atoms with E-state index in [-0.39, 0.29) is 15.5 Å². The summed E-state index contributed by atoms with van der Waals surface area (Å²) in [5.74, 6) is -0.146. The normalized spacial score (nSPS) is 11.8. The predicted octanol–water partition coefficient (Wildman–Crippen LogP) is 1.03. The summed E-state index contributed by atoms with van der Waals surface area (Å²) >= 11 is 3.04. The Bertz CT molecular complexity index is 713. The molecule has 0 radical (unpaired) electrons. The van der Waals surface area contributed by atoms with Crippen LogP contribution in [-0.2, 0) is 17.1 Å². The third-order valence-corrected chi connectivity index (χ3v) is 3.74. The molecule has 0 aliphatic carbocycles. The zero-order chi connectivity index (χ0) is 13.5. The standard InChI is InChI=1S/C9H8BrFN4O2S/c1-15-8(13-14-9(15)18(12,16)17)5-2-3-7(11)6(10)4-5/h2-4H,1H3,(H2,12,16,17). The van der Waals surface area contributed by atoms with Crippen LogP contribution in [0.1, 0.15) is 0 Å². The van der Waals surface area contributed by atoms with Crippen molar-refractivity contribution >= 4 is 26.0 Å². The van der Waals surface area contributed by atoms with Gasteiger partial charge in [0.2, 0.25) is 0 Å². The summed E-state index contributed by atoms with van der Waals surface area (Å²) < 4.78 is 37.0. The SMILES string of the molecule is Cn1c(-c2ccc(F)c(Br)c2)nnc1S(N)(=O)=O. The van der Waals surface area contributed by atoms with Crippen molar-refractivity contribution in [2.24, 2.45) is 12.2 Å². The molecular weight excluding hydrogens is 327 g/mol. The topological polar surface area (TPSA) is 90.9 Å². The minimum absolute atomic E-state index is 0.250. The van der Waals surface area contributed by atoms with Gasteiger partial charge >= 0.3 is 0 Å². The van der Waals surface area contributed by atoms with Crippen LogP contribution in [0.15, 0.2) is 27.8 Å². The molecule has 9 heteroatoms. The van der Waals surface area contributed by atoms with Gasteiger partial charge in [0, 0.05) is 12.6 Å². The highest BCUT2D eigenvalue weighted by atomic mass is 79.9. The lowest BCUT2D eigenvalue weighted by Gasteiger charge is -2.03. The van der Waals surface area contributed by atoms with E-state index >= 15 is 0 Å². The number of sulfonamides is 1. The van der Waals surface area contributed by atoms with Crippen molar-refractivity contribution in [3.63, 3.8) is 0 Å². The van der Waals surface area contributed by atoms with Gasteiger partial charge in [-0.25, -0.2) is 17.9 Å². The zero-order valence-corrected chi connectivity index (χ0v) is 11.5. The molecule has 1 aromatic heterocycles. The molecule has 0 spiro atoms.